The summed E-state index contributed by atoms with van der Waals surface area (Å²) in [7, 11) is -1.55. The average Bonchev–Trinajstić information content (AvgIpc) is 2.62. The third kappa shape index (κ3) is 7.66. The van der Waals surface area contributed by atoms with E-state index in [9.17, 15) is 0 Å². The number of hydrogen-bond donors (Lipinski definition) is 0. The maximum atomic E-state index is 6.99. The molecule has 4 atom stereocenters. The van der Waals surface area contributed by atoms with E-state index in [1.165, 1.54) is 25.7 Å². The molecule has 0 heterocycles. The minimum absolute atomic E-state index is 0.499. The monoisotopic (exact) mass is 382 g/mol. The minimum atomic E-state index is -1.55. The van der Waals surface area contributed by atoms with Gasteiger partial charge >= 0.3 is 0 Å². The molecule has 0 bridgehead atoms. The third-order valence-corrected chi connectivity index (χ3v) is 6.94. The van der Waals surface area contributed by atoms with E-state index in [1.807, 2.05) is 0 Å². The molecule has 1 saturated carbocycles. The van der Waals surface area contributed by atoms with Crippen molar-refractivity contribution in [3.05, 3.63) is 0 Å². The Bertz CT molecular complexity index is 364. The Morgan fingerprint density at radius 1 is 0.538 bits per heavy atom. The van der Waals surface area contributed by atoms with Gasteiger partial charge in [0.1, 0.15) is 0 Å². The van der Waals surface area contributed by atoms with E-state index in [4.69, 9.17) is 4.43 Å². The topological polar surface area (TPSA) is 9.23 Å². The van der Waals surface area contributed by atoms with Crippen LogP contribution in [0.2, 0.25) is 19.6 Å². The number of hydrogen-bond acceptors (Lipinski definition) is 1. The van der Waals surface area contributed by atoms with Crippen molar-refractivity contribution in [2.45, 2.75) is 107 Å². The quantitative estimate of drug-likeness (QED) is 0.349. The van der Waals surface area contributed by atoms with Crippen molar-refractivity contribution in [1.82, 2.24) is 0 Å². The molecule has 0 aromatic rings. The average molecular weight is 383 g/mol. The summed E-state index contributed by atoms with van der Waals surface area (Å²) < 4.78 is 6.99. The van der Waals surface area contributed by atoms with Gasteiger partial charge < -0.3 is 4.43 Å². The van der Waals surface area contributed by atoms with Gasteiger partial charge in [-0.15, -0.1) is 0 Å². The molecular weight excluding hydrogens is 332 g/mol. The van der Waals surface area contributed by atoms with Crippen LogP contribution in [0.25, 0.3) is 0 Å². The van der Waals surface area contributed by atoms with Crippen molar-refractivity contribution < 1.29 is 4.43 Å². The Morgan fingerprint density at radius 3 is 1.04 bits per heavy atom. The first-order valence-corrected chi connectivity index (χ1v) is 14.9. The maximum absolute atomic E-state index is 6.99. The van der Waals surface area contributed by atoms with E-state index in [2.05, 4.69) is 75.0 Å². The molecule has 1 rings (SSSR count). The second-order valence-corrected chi connectivity index (χ2v) is 16.3. The summed E-state index contributed by atoms with van der Waals surface area (Å²) in [6, 6.07) is 0. The first-order valence-electron chi connectivity index (χ1n) is 11.5. The summed E-state index contributed by atoms with van der Waals surface area (Å²) in [4.78, 5) is 0. The summed E-state index contributed by atoms with van der Waals surface area (Å²) >= 11 is 0. The SMILES string of the molecule is CC(C)CC1C(CC(C)C)C(CC(C)C)C(O[Si](C)(C)C)C1CC(C)C. The van der Waals surface area contributed by atoms with Gasteiger partial charge in [-0.3, -0.25) is 0 Å². The van der Waals surface area contributed by atoms with Gasteiger partial charge in [0, 0.05) is 0 Å². The van der Waals surface area contributed by atoms with E-state index in [1.54, 1.807) is 0 Å². The molecule has 0 saturated heterocycles. The normalized spacial score (nSPS) is 30.3. The zero-order valence-electron chi connectivity index (χ0n) is 19.9. The molecule has 1 fully saturated rings. The molecule has 0 aliphatic heterocycles. The van der Waals surface area contributed by atoms with Crippen LogP contribution in [-0.2, 0) is 4.43 Å². The first kappa shape index (κ1) is 24.2. The highest BCUT2D eigenvalue weighted by Gasteiger charge is 2.51. The second kappa shape index (κ2) is 10.1. The van der Waals surface area contributed by atoms with Crippen LogP contribution in [0.15, 0.2) is 0 Å². The van der Waals surface area contributed by atoms with Gasteiger partial charge in [0.25, 0.3) is 0 Å². The molecule has 0 radical (unpaired) electrons. The Kier molecular flexibility index (Phi) is 9.40. The fourth-order valence-corrected chi connectivity index (χ4v) is 6.68. The van der Waals surface area contributed by atoms with Gasteiger partial charge in [-0.25, -0.2) is 0 Å². The zero-order valence-corrected chi connectivity index (χ0v) is 20.9. The fraction of sp³-hybridized carbons (Fsp3) is 1.00. The van der Waals surface area contributed by atoms with E-state index >= 15 is 0 Å². The second-order valence-electron chi connectivity index (χ2n) is 11.9. The first-order chi connectivity index (χ1) is 11.8. The predicted molar refractivity (Wildman–Crippen MR) is 120 cm³/mol. The molecule has 0 spiro atoms. The summed E-state index contributed by atoms with van der Waals surface area (Å²) in [5, 5.41) is 0. The Morgan fingerprint density at radius 2 is 0.808 bits per heavy atom. The van der Waals surface area contributed by atoms with Gasteiger partial charge in [0.15, 0.2) is 8.32 Å². The van der Waals surface area contributed by atoms with Crippen LogP contribution in [-0.4, -0.2) is 14.4 Å². The highest BCUT2D eigenvalue weighted by atomic mass is 28.4. The van der Waals surface area contributed by atoms with Gasteiger partial charge in [-0.2, -0.15) is 0 Å². The molecule has 156 valence electrons. The maximum Gasteiger partial charge on any atom is 0.184 e. The summed E-state index contributed by atoms with van der Waals surface area (Å²) in [5.41, 5.74) is 0. The van der Waals surface area contributed by atoms with Crippen LogP contribution in [0.4, 0.5) is 0 Å². The molecule has 1 aliphatic carbocycles. The molecule has 1 nitrogen and oxygen atoms in total. The highest BCUT2D eigenvalue weighted by Crippen LogP contribution is 2.53. The van der Waals surface area contributed by atoms with Crippen LogP contribution < -0.4 is 0 Å². The van der Waals surface area contributed by atoms with E-state index in [0.29, 0.717) is 6.10 Å². The smallest absolute Gasteiger partial charge is 0.184 e. The van der Waals surface area contributed by atoms with Crippen molar-refractivity contribution in [2.24, 2.45) is 47.3 Å². The van der Waals surface area contributed by atoms with Crippen LogP contribution in [0.5, 0.6) is 0 Å². The Labute approximate surface area is 167 Å². The molecule has 4 unspecified atom stereocenters. The van der Waals surface area contributed by atoms with Crippen LogP contribution in [0, 0.1) is 47.3 Å². The van der Waals surface area contributed by atoms with Crippen LogP contribution >= 0.6 is 0 Å². The van der Waals surface area contributed by atoms with Crippen molar-refractivity contribution in [2.75, 3.05) is 0 Å². The van der Waals surface area contributed by atoms with E-state index < -0.39 is 8.32 Å². The van der Waals surface area contributed by atoms with Crippen molar-refractivity contribution in [1.29, 1.82) is 0 Å². The summed E-state index contributed by atoms with van der Waals surface area (Å²) in [5.74, 6) is 6.33. The largest absolute Gasteiger partial charge is 0.414 e. The van der Waals surface area contributed by atoms with Crippen molar-refractivity contribution in [3.8, 4) is 0 Å². The van der Waals surface area contributed by atoms with Crippen LogP contribution in [0.3, 0.4) is 0 Å². The lowest BCUT2D eigenvalue weighted by Gasteiger charge is -2.34. The van der Waals surface area contributed by atoms with Crippen LogP contribution in [0.1, 0.15) is 81.1 Å². The molecule has 1 aliphatic rings. The summed E-state index contributed by atoms with van der Waals surface area (Å²) in [6.07, 6.45) is 5.95. The van der Waals surface area contributed by atoms with Gasteiger partial charge in [-0.05, 0) is 92.7 Å². The minimum Gasteiger partial charge on any atom is -0.414 e. The fourth-order valence-electron chi connectivity index (χ4n) is 5.52. The number of rotatable bonds is 10. The lowest BCUT2D eigenvalue weighted by Crippen LogP contribution is -2.39. The van der Waals surface area contributed by atoms with Gasteiger partial charge in [0.2, 0.25) is 0 Å². The van der Waals surface area contributed by atoms with Gasteiger partial charge in [-0.1, -0.05) is 55.4 Å². The van der Waals surface area contributed by atoms with Crippen molar-refractivity contribution in [3.63, 3.8) is 0 Å². The van der Waals surface area contributed by atoms with E-state index in [-0.39, 0.29) is 0 Å². The lowest BCUT2D eigenvalue weighted by molar-refractivity contribution is 0.0756. The molecule has 0 aromatic heterocycles. The molecule has 0 N–H and O–H groups in total. The zero-order chi connectivity index (χ0) is 20.2. The molecule has 26 heavy (non-hydrogen) atoms. The van der Waals surface area contributed by atoms with E-state index in [0.717, 1.165) is 47.3 Å². The third-order valence-electron chi connectivity index (χ3n) is 5.96. The predicted octanol–water partition coefficient (Wildman–Crippen LogP) is 7.87. The van der Waals surface area contributed by atoms with Gasteiger partial charge in [0.05, 0.1) is 6.10 Å². The highest BCUT2D eigenvalue weighted by molar-refractivity contribution is 6.69. The molecule has 2 heteroatoms. The Hall–Kier alpha value is 0.177. The molecule has 0 amide bonds. The Balaban J connectivity index is 3.30. The van der Waals surface area contributed by atoms with Crippen molar-refractivity contribution >= 4 is 8.32 Å². The standard InChI is InChI=1S/C24H50OSi/c1-16(2)12-20-21(13-17(3)4)23(15-19(7)8)24(25-26(9,10)11)22(20)14-18(5)6/h16-24H,12-15H2,1-11H3. The lowest BCUT2D eigenvalue weighted by atomic mass is 9.75. The summed E-state index contributed by atoms with van der Waals surface area (Å²) in [6.45, 7) is 26.5. The molecule has 0 aromatic carbocycles. The molecular formula is C24H50OSi.